The summed E-state index contributed by atoms with van der Waals surface area (Å²) in [7, 11) is 3.10. The van der Waals surface area contributed by atoms with Gasteiger partial charge in [-0.25, -0.2) is 5.10 Å². The van der Waals surface area contributed by atoms with E-state index in [0.717, 1.165) is 5.56 Å². The monoisotopic (exact) mass is 291 g/mol. The summed E-state index contributed by atoms with van der Waals surface area (Å²) >= 11 is 4.83. The van der Waals surface area contributed by atoms with E-state index in [-0.39, 0.29) is 10.6 Å². The van der Waals surface area contributed by atoms with E-state index in [9.17, 15) is 4.79 Å². The normalized spacial score (nSPS) is 10.1. The fourth-order valence-corrected chi connectivity index (χ4v) is 1.88. The number of aromatic amines is 1. The second kappa shape index (κ2) is 5.70. The molecule has 104 valence electrons. The number of methoxy groups -OCH3 is 2. The first-order chi connectivity index (χ1) is 9.56. The third-order valence-corrected chi connectivity index (χ3v) is 2.97. The zero-order valence-electron chi connectivity index (χ0n) is 11.0. The van der Waals surface area contributed by atoms with Crippen LogP contribution in [0.3, 0.4) is 0 Å². The van der Waals surface area contributed by atoms with E-state index < -0.39 is 5.56 Å². The van der Waals surface area contributed by atoms with Crippen molar-refractivity contribution in [3.05, 3.63) is 40.2 Å². The van der Waals surface area contributed by atoms with Crippen LogP contribution in [0.5, 0.6) is 11.5 Å². The molecule has 0 saturated carbocycles. The van der Waals surface area contributed by atoms with Crippen molar-refractivity contribution in [1.29, 1.82) is 0 Å². The van der Waals surface area contributed by atoms with Crippen LogP contribution < -0.4 is 20.8 Å². The highest BCUT2D eigenvalue weighted by atomic mass is 32.1. The Morgan fingerprint density at radius 1 is 1.25 bits per heavy atom. The number of nitrogens with two attached hydrogens (primary N) is 1. The van der Waals surface area contributed by atoms with Crippen LogP contribution in [0.15, 0.2) is 29.1 Å². The lowest BCUT2D eigenvalue weighted by Gasteiger charge is -2.09. The van der Waals surface area contributed by atoms with Gasteiger partial charge in [0.1, 0.15) is 4.99 Å². The van der Waals surface area contributed by atoms with Gasteiger partial charge >= 0.3 is 0 Å². The van der Waals surface area contributed by atoms with Crippen LogP contribution in [0.2, 0.25) is 0 Å². The minimum absolute atomic E-state index is 0.0235. The summed E-state index contributed by atoms with van der Waals surface area (Å²) in [6.07, 6.45) is 0. The number of ether oxygens (including phenoxy) is 2. The van der Waals surface area contributed by atoms with Gasteiger partial charge in [-0.05, 0) is 24.3 Å². The molecule has 0 unspecified atom stereocenters. The SMILES string of the molecule is COc1ccc(-c2cc(C(N)=S)c(=O)[nH]n2)cc1OC. The summed E-state index contributed by atoms with van der Waals surface area (Å²) in [6, 6.07) is 6.85. The van der Waals surface area contributed by atoms with Crippen molar-refractivity contribution >= 4 is 17.2 Å². The average molecular weight is 291 g/mol. The van der Waals surface area contributed by atoms with Crippen molar-refractivity contribution in [2.45, 2.75) is 0 Å². The number of benzene rings is 1. The predicted molar refractivity (Wildman–Crippen MR) is 79.3 cm³/mol. The van der Waals surface area contributed by atoms with Crippen LogP contribution in [-0.4, -0.2) is 29.4 Å². The first-order valence-corrected chi connectivity index (χ1v) is 6.09. The number of hydrogen-bond donors (Lipinski definition) is 2. The summed E-state index contributed by atoms with van der Waals surface area (Å²) in [5.41, 5.74) is 6.59. The molecule has 0 bridgehead atoms. The van der Waals surface area contributed by atoms with E-state index in [4.69, 9.17) is 27.4 Å². The summed E-state index contributed by atoms with van der Waals surface area (Å²) in [5.74, 6) is 1.17. The minimum atomic E-state index is -0.415. The molecule has 0 spiro atoms. The van der Waals surface area contributed by atoms with E-state index in [2.05, 4.69) is 10.2 Å². The van der Waals surface area contributed by atoms with E-state index in [1.807, 2.05) is 0 Å². The highest BCUT2D eigenvalue weighted by Gasteiger charge is 2.10. The summed E-state index contributed by atoms with van der Waals surface area (Å²) < 4.78 is 10.4. The van der Waals surface area contributed by atoms with E-state index in [1.54, 1.807) is 38.5 Å². The van der Waals surface area contributed by atoms with Crippen molar-refractivity contribution in [2.24, 2.45) is 5.73 Å². The number of nitrogens with zero attached hydrogens (tertiary/aromatic N) is 1. The Morgan fingerprint density at radius 3 is 2.55 bits per heavy atom. The van der Waals surface area contributed by atoms with E-state index >= 15 is 0 Å². The molecule has 0 aliphatic rings. The smallest absolute Gasteiger partial charge is 0.274 e. The molecule has 0 aliphatic heterocycles. The number of hydrogen-bond acceptors (Lipinski definition) is 5. The van der Waals surface area contributed by atoms with Crippen LogP contribution in [0.4, 0.5) is 0 Å². The highest BCUT2D eigenvalue weighted by molar-refractivity contribution is 7.80. The lowest BCUT2D eigenvalue weighted by atomic mass is 10.1. The van der Waals surface area contributed by atoms with Gasteiger partial charge < -0.3 is 15.2 Å². The van der Waals surface area contributed by atoms with Crippen LogP contribution in [0.25, 0.3) is 11.3 Å². The molecule has 2 rings (SSSR count). The molecule has 3 N–H and O–H groups in total. The van der Waals surface area contributed by atoms with Gasteiger partial charge in [-0.3, -0.25) is 4.79 Å². The van der Waals surface area contributed by atoms with Crippen molar-refractivity contribution < 1.29 is 9.47 Å². The molecule has 0 atom stereocenters. The lowest BCUT2D eigenvalue weighted by molar-refractivity contribution is 0.355. The largest absolute Gasteiger partial charge is 0.493 e. The second-order valence-corrected chi connectivity index (χ2v) is 4.37. The first kappa shape index (κ1) is 14.0. The maximum atomic E-state index is 11.5. The molecule has 1 aromatic carbocycles. The van der Waals surface area contributed by atoms with Crippen LogP contribution in [0.1, 0.15) is 5.56 Å². The maximum Gasteiger partial charge on any atom is 0.274 e. The van der Waals surface area contributed by atoms with Crippen molar-refractivity contribution in [1.82, 2.24) is 10.2 Å². The molecule has 0 radical (unpaired) electrons. The Morgan fingerprint density at radius 2 is 1.95 bits per heavy atom. The van der Waals surface area contributed by atoms with Crippen molar-refractivity contribution in [3.8, 4) is 22.8 Å². The summed E-state index contributed by atoms with van der Waals surface area (Å²) in [5, 5.41) is 6.34. The molecule has 0 amide bonds. The van der Waals surface area contributed by atoms with Gasteiger partial charge in [0.2, 0.25) is 0 Å². The van der Waals surface area contributed by atoms with Gasteiger partial charge in [0.25, 0.3) is 5.56 Å². The standard InChI is InChI=1S/C13H13N3O3S/c1-18-10-4-3-7(5-11(10)19-2)9-6-8(12(14)20)13(17)16-15-9/h3-6H,1-2H3,(H2,14,20)(H,16,17). The molecule has 0 fully saturated rings. The topological polar surface area (TPSA) is 90.2 Å². The molecule has 6 nitrogen and oxygen atoms in total. The Bertz CT molecular complexity index is 712. The number of rotatable bonds is 4. The van der Waals surface area contributed by atoms with E-state index in [1.165, 1.54) is 0 Å². The Kier molecular flexibility index (Phi) is 3.99. The van der Waals surface area contributed by atoms with Crippen molar-refractivity contribution in [3.63, 3.8) is 0 Å². The highest BCUT2D eigenvalue weighted by Crippen LogP contribution is 2.31. The number of H-pyrrole nitrogens is 1. The van der Waals surface area contributed by atoms with Gasteiger partial charge in [0.15, 0.2) is 11.5 Å². The maximum absolute atomic E-state index is 11.5. The number of nitrogens with one attached hydrogen (secondary N) is 1. The predicted octanol–water partition coefficient (Wildman–Crippen LogP) is 1.09. The van der Waals surface area contributed by atoms with Crippen LogP contribution >= 0.6 is 12.2 Å². The second-order valence-electron chi connectivity index (χ2n) is 3.93. The third-order valence-electron chi connectivity index (χ3n) is 2.75. The third kappa shape index (κ3) is 2.62. The molecule has 1 aromatic heterocycles. The average Bonchev–Trinajstić information content (AvgIpc) is 2.46. The van der Waals surface area contributed by atoms with Gasteiger partial charge in [-0.1, -0.05) is 12.2 Å². The zero-order valence-corrected chi connectivity index (χ0v) is 11.8. The summed E-state index contributed by atoms with van der Waals surface area (Å²) in [4.78, 5) is 11.6. The minimum Gasteiger partial charge on any atom is -0.493 e. The Hall–Kier alpha value is -2.41. The van der Waals surface area contributed by atoms with Crippen LogP contribution in [-0.2, 0) is 0 Å². The Labute approximate surface area is 120 Å². The van der Waals surface area contributed by atoms with Gasteiger partial charge in [-0.2, -0.15) is 5.10 Å². The molecule has 7 heteroatoms. The summed E-state index contributed by atoms with van der Waals surface area (Å²) in [6.45, 7) is 0. The quantitative estimate of drug-likeness (QED) is 0.819. The molecule has 0 aliphatic carbocycles. The molecule has 0 saturated heterocycles. The first-order valence-electron chi connectivity index (χ1n) is 5.68. The molecule has 2 aromatic rings. The van der Waals surface area contributed by atoms with Crippen molar-refractivity contribution in [2.75, 3.05) is 14.2 Å². The fraction of sp³-hybridized carbons (Fsp3) is 0.154. The lowest BCUT2D eigenvalue weighted by Crippen LogP contribution is -2.23. The number of thiocarbonyl (C=S) groups is 1. The van der Waals surface area contributed by atoms with Gasteiger partial charge in [-0.15, -0.1) is 0 Å². The molecular weight excluding hydrogens is 278 g/mol. The van der Waals surface area contributed by atoms with Crippen LogP contribution in [0, 0.1) is 0 Å². The van der Waals surface area contributed by atoms with E-state index in [0.29, 0.717) is 17.2 Å². The Balaban J connectivity index is 2.54. The zero-order chi connectivity index (χ0) is 14.7. The van der Waals surface area contributed by atoms with Gasteiger partial charge in [0.05, 0.1) is 25.5 Å². The number of aromatic nitrogens is 2. The molecule has 20 heavy (non-hydrogen) atoms. The molecule has 1 heterocycles. The van der Waals surface area contributed by atoms with Gasteiger partial charge in [0, 0.05) is 5.56 Å². The fourth-order valence-electron chi connectivity index (χ4n) is 1.73. The molecular formula is C13H13N3O3S.